The van der Waals surface area contributed by atoms with E-state index in [9.17, 15) is 9.18 Å². The molecule has 0 spiro atoms. The molecule has 0 amide bonds. The van der Waals surface area contributed by atoms with Gasteiger partial charge in [0.15, 0.2) is 0 Å². The second kappa shape index (κ2) is 5.85. The Morgan fingerprint density at radius 2 is 2.22 bits per heavy atom. The Bertz CT molecular complexity index is 427. The number of aryl methyl sites for hydroxylation is 1. The molecule has 1 aromatic carbocycles. The minimum atomic E-state index is -0.827. The van der Waals surface area contributed by atoms with E-state index in [0.29, 0.717) is 31.1 Å². The van der Waals surface area contributed by atoms with Crippen LogP contribution in [-0.2, 0) is 11.2 Å². The summed E-state index contributed by atoms with van der Waals surface area (Å²) in [5.74, 6) is 0.196. The van der Waals surface area contributed by atoms with E-state index in [1.807, 2.05) is 0 Å². The van der Waals surface area contributed by atoms with E-state index in [-0.39, 0.29) is 12.2 Å². The van der Waals surface area contributed by atoms with Crippen molar-refractivity contribution >= 4 is 5.97 Å². The predicted octanol–water partition coefficient (Wildman–Crippen LogP) is 3.02. The zero-order valence-corrected chi connectivity index (χ0v) is 10.2. The van der Waals surface area contributed by atoms with Crippen LogP contribution in [0.3, 0.4) is 0 Å². The SMILES string of the molecule is O=C(O)CCCc1cc(F)ccc1OCC1CC1. The molecule has 98 valence electrons. The van der Waals surface area contributed by atoms with Gasteiger partial charge in [-0.3, -0.25) is 4.79 Å². The van der Waals surface area contributed by atoms with Gasteiger partial charge in [-0.25, -0.2) is 4.39 Å². The number of carboxylic acid groups (broad SMARTS) is 1. The topological polar surface area (TPSA) is 46.5 Å². The molecule has 1 aromatic rings. The smallest absolute Gasteiger partial charge is 0.303 e. The Morgan fingerprint density at radius 1 is 1.44 bits per heavy atom. The lowest BCUT2D eigenvalue weighted by atomic mass is 10.1. The zero-order valence-electron chi connectivity index (χ0n) is 10.2. The maximum absolute atomic E-state index is 13.2. The van der Waals surface area contributed by atoms with Gasteiger partial charge >= 0.3 is 5.97 Å². The van der Waals surface area contributed by atoms with Crippen molar-refractivity contribution in [3.05, 3.63) is 29.6 Å². The first-order valence-electron chi connectivity index (χ1n) is 6.28. The third-order valence-corrected chi connectivity index (χ3v) is 3.03. The molecule has 1 fully saturated rings. The van der Waals surface area contributed by atoms with Crippen LogP contribution in [0.25, 0.3) is 0 Å². The molecule has 1 aliphatic rings. The third-order valence-electron chi connectivity index (χ3n) is 3.03. The number of benzene rings is 1. The van der Waals surface area contributed by atoms with Gasteiger partial charge in [0.1, 0.15) is 11.6 Å². The molecule has 3 nitrogen and oxygen atoms in total. The molecule has 4 heteroatoms. The molecule has 1 saturated carbocycles. The van der Waals surface area contributed by atoms with Crippen molar-refractivity contribution in [3.8, 4) is 5.75 Å². The van der Waals surface area contributed by atoms with Gasteiger partial charge in [-0.15, -0.1) is 0 Å². The third kappa shape index (κ3) is 4.02. The Hall–Kier alpha value is -1.58. The molecule has 1 N–H and O–H groups in total. The fraction of sp³-hybridized carbons (Fsp3) is 0.500. The summed E-state index contributed by atoms with van der Waals surface area (Å²) in [6.07, 6.45) is 3.53. The van der Waals surface area contributed by atoms with E-state index in [2.05, 4.69) is 0 Å². The van der Waals surface area contributed by atoms with Gasteiger partial charge in [-0.1, -0.05) is 0 Å². The molecule has 0 saturated heterocycles. The largest absolute Gasteiger partial charge is 0.493 e. The maximum Gasteiger partial charge on any atom is 0.303 e. The summed E-state index contributed by atoms with van der Waals surface area (Å²) in [4.78, 5) is 10.5. The Kier molecular flexibility index (Phi) is 4.18. The van der Waals surface area contributed by atoms with Crippen LogP contribution in [0.1, 0.15) is 31.2 Å². The van der Waals surface area contributed by atoms with Crippen molar-refractivity contribution < 1.29 is 19.0 Å². The van der Waals surface area contributed by atoms with Crippen LogP contribution in [0.4, 0.5) is 4.39 Å². The van der Waals surface area contributed by atoms with Crippen molar-refractivity contribution in [3.63, 3.8) is 0 Å². The van der Waals surface area contributed by atoms with Crippen LogP contribution in [-0.4, -0.2) is 17.7 Å². The summed E-state index contributed by atoms with van der Waals surface area (Å²) in [6.45, 7) is 0.678. The minimum Gasteiger partial charge on any atom is -0.493 e. The monoisotopic (exact) mass is 252 g/mol. The lowest BCUT2D eigenvalue weighted by Crippen LogP contribution is -2.03. The van der Waals surface area contributed by atoms with E-state index < -0.39 is 5.97 Å². The number of aliphatic carboxylic acids is 1. The molecule has 0 radical (unpaired) electrons. The number of ether oxygens (including phenoxy) is 1. The Labute approximate surface area is 106 Å². The van der Waals surface area contributed by atoms with Gasteiger partial charge in [0.25, 0.3) is 0 Å². The van der Waals surface area contributed by atoms with Gasteiger partial charge in [0.2, 0.25) is 0 Å². The first-order chi connectivity index (χ1) is 8.65. The highest BCUT2D eigenvalue weighted by molar-refractivity contribution is 5.66. The molecule has 0 atom stereocenters. The summed E-state index contributed by atoms with van der Waals surface area (Å²) in [5, 5.41) is 8.59. The number of carboxylic acids is 1. The summed E-state index contributed by atoms with van der Waals surface area (Å²) >= 11 is 0. The van der Waals surface area contributed by atoms with Gasteiger partial charge in [-0.05, 0) is 55.4 Å². The van der Waals surface area contributed by atoms with Crippen molar-refractivity contribution in [2.75, 3.05) is 6.61 Å². The number of hydrogen-bond donors (Lipinski definition) is 1. The molecule has 1 aliphatic carbocycles. The van der Waals surface area contributed by atoms with Gasteiger partial charge in [0.05, 0.1) is 6.61 Å². The number of carbonyl (C=O) groups is 1. The maximum atomic E-state index is 13.2. The van der Waals surface area contributed by atoms with Crippen molar-refractivity contribution in [2.24, 2.45) is 5.92 Å². The lowest BCUT2D eigenvalue weighted by Gasteiger charge is -2.11. The molecule has 0 heterocycles. The molecular weight excluding hydrogens is 235 g/mol. The number of hydrogen-bond acceptors (Lipinski definition) is 2. The second-order valence-electron chi connectivity index (χ2n) is 4.75. The van der Waals surface area contributed by atoms with Gasteiger partial charge in [-0.2, -0.15) is 0 Å². The molecule has 0 unspecified atom stereocenters. The van der Waals surface area contributed by atoms with E-state index >= 15 is 0 Å². The average molecular weight is 252 g/mol. The van der Waals surface area contributed by atoms with E-state index in [4.69, 9.17) is 9.84 Å². The Balaban J connectivity index is 1.95. The predicted molar refractivity (Wildman–Crippen MR) is 65.2 cm³/mol. The normalized spacial score (nSPS) is 14.5. The van der Waals surface area contributed by atoms with Crippen molar-refractivity contribution in [1.82, 2.24) is 0 Å². The van der Waals surface area contributed by atoms with Crippen molar-refractivity contribution in [2.45, 2.75) is 32.1 Å². The number of rotatable bonds is 7. The fourth-order valence-corrected chi connectivity index (χ4v) is 1.81. The molecule has 0 bridgehead atoms. The first-order valence-corrected chi connectivity index (χ1v) is 6.28. The van der Waals surface area contributed by atoms with E-state index in [1.54, 1.807) is 6.07 Å². The molecule has 0 aromatic heterocycles. The van der Waals surface area contributed by atoms with Crippen LogP contribution in [0.5, 0.6) is 5.75 Å². The zero-order chi connectivity index (χ0) is 13.0. The highest BCUT2D eigenvalue weighted by Gasteiger charge is 2.22. The first kappa shape index (κ1) is 12.9. The van der Waals surface area contributed by atoms with Gasteiger partial charge in [0, 0.05) is 6.42 Å². The second-order valence-corrected chi connectivity index (χ2v) is 4.75. The summed E-state index contributed by atoms with van der Waals surface area (Å²) in [5.41, 5.74) is 0.761. The van der Waals surface area contributed by atoms with E-state index in [0.717, 1.165) is 5.56 Å². The van der Waals surface area contributed by atoms with Crippen LogP contribution in [0.15, 0.2) is 18.2 Å². The van der Waals surface area contributed by atoms with Crippen LogP contribution >= 0.6 is 0 Å². The highest BCUT2D eigenvalue weighted by atomic mass is 19.1. The van der Waals surface area contributed by atoms with Crippen LogP contribution in [0, 0.1) is 11.7 Å². The molecule has 2 rings (SSSR count). The average Bonchev–Trinajstić information content (AvgIpc) is 3.11. The summed E-state index contributed by atoms with van der Waals surface area (Å²) in [6, 6.07) is 4.45. The van der Waals surface area contributed by atoms with Crippen molar-refractivity contribution in [1.29, 1.82) is 0 Å². The van der Waals surface area contributed by atoms with Crippen LogP contribution < -0.4 is 4.74 Å². The molecule has 18 heavy (non-hydrogen) atoms. The quantitative estimate of drug-likeness (QED) is 0.811. The Morgan fingerprint density at radius 3 is 2.89 bits per heavy atom. The minimum absolute atomic E-state index is 0.0958. The standard InChI is InChI=1S/C14H17FO3/c15-12-6-7-13(18-9-10-4-5-10)11(8-12)2-1-3-14(16)17/h6-8,10H,1-5,9H2,(H,16,17). The summed E-state index contributed by atoms with van der Waals surface area (Å²) < 4.78 is 18.8. The number of halogens is 1. The highest BCUT2D eigenvalue weighted by Crippen LogP contribution is 2.30. The lowest BCUT2D eigenvalue weighted by molar-refractivity contribution is -0.137. The molecular formula is C14H17FO3. The summed E-state index contributed by atoms with van der Waals surface area (Å²) in [7, 11) is 0. The van der Waals surface area contributed by atoms with Gasteiger partial charge < -0.3 is 9.84 Å². The van der Waals surface area contributed by atoms with E-state index in [1.165, 1.54) is 25.0 Å². The van der Waals surface area contributed by atoms with Crippen LogP contribution in [0.2, 0.25) is 0 Å². The molecule has 0 aliphatic heterocycles. The fourth-order valence-electron chi connectivity index (χ4n) is 1.81.